The molecule has 1 atom stereocenters. The summed E-state index contributed by atoms with van der Waals surface area (Å²) in [6.45, 7) is 2.11. The number of amides is 2. The SMILES string of the molecule is CCCCCCCCCC(=O)N(O)CCCNC(=O)CC(O)(CC(=O)[O-])C(=O)[O-]. The minimum atomic E-state index is -2.86. The van der Waals surface area contributed by atoms with E-state index >= 15 is 0 Å². The molecule has 0 aromatic carbocycles. The van der Waals surface area contributed by atoms with Crippen LogP contribution in [0.5, 0.6) is 0 Å². The molecule has 0 saturated carbocycles. The van der Waals surface area contributed by atoms with Gasteiger partial charge in [-0.1, -0.05) is 45.4 Å². The predicted molar refractivity (Wildman–Crippen MR) is 97.9 cm³/mol. The molecule has 0 aliphatic heterocycles. The van der Waals surface area contributed by atoms with Crippen molar-refractivity contribution in [2.45, 2.75) is 83.2 Å². The summed E-state index contributed by atoms with van der Waals surface area (Å²) in [6, 6.07) is 0. The molecule has 29 heavy (non-hydrogen) atoms. The molecule has 3 N–H and O–H groups in total. The number of hydrogen-bond donors (Lipinski definition) is 3. The Balaban J connectivity index is 3.99. The van der Waals surface area contributed by atoms with E-state index in [1.54, 1.807) is 0 Å². The number of carboxylic acids is 2. The van der Waals surface area contributed by atoms with Gasteiger partial charge in [0.15, 0.2) is 0 Å². The minimum Gasteiger partial charge on any atom is -0.550 e. The first-order chi connectivity index (χ1) is 13.6. The van der Waals surface area contributed by atoms with E-state index in [1.807, 2.05) is 0 Å². The topological polar surface area (TPSA) is 170 Å². The maximum absolute atomic E-state index is 11.8. The molecule has 1 unspecified atom stereocenters. The van der Waals surface area contributed by atoms with Crippen molar-refractivity contribution in [1.29, 1.82) is 0 Å². The number of nitrogens with one attached hydrogen (secondary N) is 1. The zero-order chi connectivity index (χ0) is 22.3. The summed E-state index contributed by atoms with van der Waals surface area (Å²) >= 11 is 0. The molecule has 0 aromatic heterocycles. The third-order valence-electron chi connectivity index (χ3n) is 4.42. The van der Waals surface area contributed by atoms with Gasteiger partial charge in [-0.05, 0) is 12.8 Å². The molecule has 0 fully saturated rings. The van der Waals surface area contributed by atoms with Crippen LogP contribution in [0.1, 0.15) is 77.6 Å². The fourth-order valence-electron chi connectivity index (χ4n) is 2.72. The summed E-state index contributed by atoms with van der Waals surface area (Å²) in [5.41, 5.74) is -2.86. The second kappa shape index (κ2) is 14.7. The van der Waals surface area contributed by atoms with Gasteiger partial charge in [-0.2, -0.15) is 0 Å². The Labute approximate surface area is 170 Å². The Morgan fingerprint density at radius 1 is 0.931 bits per heavy atom. The normalized spacial score (nSPS) is 12.8. The van der Waals surface area contributed by atoms with E-state index in [1.165, 1.54) is 19.3 Å². The molecule has 2 amide bonds. The van der Waals surface area contributed by atoms with Crippen LogP contribution >= 0.6 is 0 Å². The van der Waals surface area contributed by atoms with Crippen molar-refractivity contribution in [1.82, 2.24) is 10.4 Å². The fraction of sp³-hybridized carbons (Fsp3) is 0.789. The minimum absolute atomic E-state index is 0.00491. The number of nitrogens with zero attached hydrogens (tertiary/aromatic N) is 1. The van der Waals surface area contributed by atoms with Gasteiger partial charge in [-0.25, -0.2) is 5.06 Å². The summed E-state index contributed by atoms with van der Waals surface area (Å²) < 4.78 is 0. The predicted octanol–water partition coefficient (Wildman–Crippen LogP) is -1.14. The van der Waals surface area contributed by atoms with Crippen LogP contribution in [0.25, 0.3) is 0 Å². The third-order valence-corrected chi connectivity index (χ3v) is 4.42. The number of aliphatic carboxylic acids is 2. The highest BCUT2D eigenvalue weighted by Crippen LogP contribution is 2.14. The van der Waals surface area contributed by atoms with E-state index in [9.17, 15) is 39.7 Å². The van der Waals surface area contributed by atoms with Gasteiger partial charge in [0.2, 0.25) is 11.8 Å². The summed E-state index contributed by atoms with van der Waals surface area (Å²) in [7, 11) is 0. The number of hydrogen-bond acceptors (Lipinski definition) is 8. The molecular weight excluding hydrogens is 384 g/mol. The highest BCUT2D eigenvalue weighted by atomic mass is 16.5. The molecule has 168 valence electrons. The number of carbonyl (C=O) groups is 4. The van der Waals surface area contributed by atoms with Crippen LogP contribution in [0.15, 0.2) is 0 Å². The first-order valence-corrected chi connectivity index (χ1v) is 10.0. The Kier molecular flexibility index (Phi) is 13.6. The lowest BCUT2D eigenvalue weighted by molar-refractivity contribution is -0.333. The Morgan fingerprint density at radius 3 is 2.07 bits per heavy atom. The van der Waals surface area contributed by atoms with Crippen molar-refractivity contribution in [3.8, 4) is 0 Å². The first-order valence-electron chi connectivity index (χ1n) is 10.0. The van der Waals surface area contributed by atoms with Crippen LogP contribution in [0.4, 0.5) is 0 Å². The van der Waals surface area contributed by atoms with Gasteiger partial charge >= 0.3 is 0 Å². The van der Waals surface area contributed by atoms with E-state index < -0.39 is 42.2 Å². The number of aliphatic hydroxyl groups is 1. The number of rotatable bonds is 17. The largest absolute Gasteiger partial charge is 0.550 e. The zero-order valence-electron chi connectivity index (χ0n) is 17.0. The van der Waals surface area contributed by atoms with Crippen molar-refractivity contribution >= 4 is 23.8 Å². The molecular formula is C19H32N2O8-2. The van der Waals surface area contributed by atoms with Crippen molar-refractivity contribution in [3.63, 3.8) is 0 Å². The highest BCUT2D eigenvalue weighted by Gasteiger charge is 2.32. The van der Waals surface area contributed by atoms with Crippen molar-refractivity contribution in [2.24, 2.45) is 0 Å². The summed E-state index contributed by atoms with van der Waals surface area (Å²) in [5, 5.41) is 43.6. The van der Waals surface area contributed by atoms with Gasteiger partial charge in [-0.3, -0.25) is 14.8 Å². The second-order valence-corrected chi connectivity index (χ2v) is 7.14. The number of carboxylic acid groups (broad SMARTS) is 2. The molecule has 0 radical (unpaired) electrons. The van der Waals surface area contributed by atoms with Crippen LogP contribution in [-0.2, 0) is 19.2 Å². The smallest absolute Gasteiger partial charge is 0.245 e. The maximum Gasteiger partial charge on any atom is 0.245 e. The van der Waals surface area contributed by atoms with Gasteiger partial charge in [0.05, 0.1) is 18.9 Å². The third kappa shape index (κ3) is 12.8. The molecule has 0 rings (SSSR count). The number of carbonyl (C=O) groups excluding carboxylic acids is 4. The summed E-state index contributed by atoms with van der Waals surface area (Å²) in [4.78, 5) is 44.8. The molecule has 0 aromatic rings. The van der Waals surface area contributed by atoms with Gasteiger partial charge in [-0.15, -0.1) is 0 Å². The molecule has 0 aliphatic carbocycles. The first kappa shape index (κ1) is 26.8. The maximum atomic E-state index is 11.8. The molecule has 0 spiro atoms. The summed E-state index contributed by atoms with van der Waals surface area (Å²) in [5.74, 6) is -5.24. The lowest BCUT2D eigenvalue weighted by Gasteiger charge is -2.28. The molecule has 10 heteroatoms. The Hall–Kier alpha value is -2.20. The van der Waals surface area contributed by atoms with Crippen LogP contribution < -0.4 is 15.5 Å². The van der Waals surface area contributed by atoms with Gasteiger partial charge in [0.1, 0.15) is 5.60 Å². The average molecular weight is 416 g/mol. The molecule has 0 aliphatic rings. The van der Waals surface area contributed by atoms with Crippen LogP contribution in [0.2, 0.25) is 0 Å². The molecule has 0 saturated heterocycles. The van der Waals surface area contributed by atoms with Crippen molar-refractivity contribution in [3.05, 3.63) is 0 Å². The quantitative estimate of drug-likeness (QED) is 0.152. The van der Waals surface area contributed by atoms with E-state index in [0.29, 0.717) is 11.5 Å². The fourth-order valence-corrected chi connectivity index (χ4v) is 2.72. The van der Waals surface area contributed by atoms with Crippen molar-refractivity contribution < 1.29 is 39.7 Å². The van der Waals surface area contributed by atoms with E-state index in [2.05, 4.69) is 12.2 Å². The van der Waals surface area contributed by atoms with Gasteiger partial charge in [0, 0.05) is 25.4 Å². The Morgan fingerprint density at radius 2 is 1.52 bits per heavy atom. The van der Waals surface area contributed by atoms with E-state index in [4.69, 9.17) is 0 Å². The monoisotopic (exact) mass is 416 g/mol. The van der Waals surface area contributed by atoms with E-state index in [-0.39, 0.29) is 25.9 Å². The molecule has 10 nitrogen and oxygen atoms in total. The van der Waals surface area contributed by atoms with E-state index in [0.717, 1.165) is 19.3 Å². The lowest BCUT2D eigenvalue weighted by Crippen LogP contribution is -2.53. The standard InChI is InChI=1S/C19H34N2O8/c1-2-3-4-5-6-7-8-10-16(23)21(29)12-9-11-20-15(22)13-19(28,18(26)27)14-17(24)25/h28-29H,2-14H2,1H3,(H,20,22)(H,24,25)(H,26,27)/p-2. The second-order valence-electron chi connectivity index (χ2n) is 7.14. The number of unbranched alkanes of at least 4 members (excludes halogenated alkanes) is 6. The lowest BCUT2D eigenvalue weighted by atomic mass is 9.95. The zero-order valence-corrected chi connectivity index (χ0v) is 17.0. The van der Waals surface area contributed by atoms with Crippen LogP contribution in [0, 0.1) is 0 Å². The van der Waals surface area contributed by atoms with Gasteiger partial charge < -0.3 is 30.2 Å². The highest BCUT2D eigenvalue weighted by molar-refractivity contribution is 5.88. The van der Waals surface area contributed by atoms with Gasteiger partial charge in [0.25, 0.3) is 0 Å². The van der Waals surface area contributed by atoms with Crippen molar-refractivity contribution in [2.75, 3.05) is 13.1 Å². The Bertz CT molecular complexity index is 540. The number of hydroxylamine groups is 2. The van der Waals surface area contributed by atoms with Crippen LogP contribution in [-0.4, -0.2) is 57.8 Å². The molecule has 0 heterocycles. The molecule has 0 bridgehead atoms. The summed E-state index contributed by atoms with van der Waals surface area (Å²) in [6.07, 6.45) is 5.53. The van der Waals surface area contributed by atoms with Crippen LogP contribution in [0.3, 0.4) is 0 Å². The average Bonchev–Trinajstić information content (AvgIpc) is 2.63.